The van der Waals surface area contributed by atoms with Crippen LogP contribution in [-0.2, 0) is 5.41 Å². The van der Waals surface area contributed by atoms with Crippen molar-refractivity contribution in [3.63, 3.8) is 0 Å². The Balaban J connectivity index is 1.99. The Hall–Kier alpha value is -2.44. The minimum absolute atomic E-state index is 0.333. The second-order valence-corrected chi connectivity index (χ2v) is 5.77. The SMILES string of the molecule is N#CC1(c2ccccc2C(O)C(=O)c2ccccc2)CCC1. The van der Waals surface area contributed by atoms with Crippen LogP contribution < -0.4 is 0 Å². The van der Waals surface area contributed by atoms with Crippen molar-refractivity contribution < 1.29 is 9.90 Å². The predicted octanol–water partition coefficient (Wildman–Crippen LogP) is 3.55. The molecule has 22 heavy (non-hydrogen) atoms. The summed E-state index contributed by atoms with van der Waals surface area (Å²) in [5, 5.41) is 20.1. The summed E-state index contributed by atoms with van der Waals surface area (Å²) in [6.45, 7) is 0. The zero-order valence-electron chi connectivity index (χ0n) is 12.2. The topological polar surface area (TPSA) is 61.1 Å². The first-order valence-electron chi connectivity index (χ1n) is 7.46. The van der Waals surface area contributed by atoms with Crippen molar-refractivity contribution in [1.29, 1.82) is 5.26 Å². The van der Waals surface area contributed by atoms with E-state index in [9.17, 15) is 15.2 Å². The molecular weight excluding hydrogens is 274 g/mol. The van der Waals surface area contributed by atoms with Gasteiger partial charge in [-0.25, -0.2) is 0 Å². The highest BCUT2D eigenvalue weighted by atomic mass is 16.3. The first kappa shape index (κ1) is 14.5. The summed E-state index contributed by atoms with van der Waals surface area (Å²) in [5.41, 5.74) is 1.27. The van der Waals surface area contributed by atoms with Crippen molar-refractivity contribution in [2.45, 2.75) is 30.8 Å². The van der Waals surface area contributed by atoms with Gasteiger partial charge in [0.05, 0.1) is 11.5 Å². The van der Waals surface area contributed by atoms with Crippen molar-refractivity contribution in [1.82, 2.24) is 0 Å². The van der Waals surface area contributed by atoms with Gasteiger partial charge in [0.15, 0.2) is 5.78 Å². The largest absolute Gasteiger partial charge is 0.380 e. The quantitative estimate of drug-likeness (QED) is 0.876. The first-order chi connectivity index (χ1) is 10.7. The summed E-state index contributed by atoms with van der Waals surface area (Å²) < 4.78 is 0. The van der Waals surface area contributed by atoms with Crippen molar-refractivity contribution in [3.05, 3.63) is 71.3 Å². The summed E-state index contributed by atoms with van der Waals surface area (Å²) in [5.74, 6) is -0.333. The van der Waals surface area contributed by atoms with Gasteiger partial charge in [0.25, 0.3) is 0 Å². The van der Waals surface area contributed by atoms with E-state index in [2.05, 4.69) is 6.07 Å². The van der Waals surface area contributed by atoms with Crippen molar-refractivity contribution in [2.75, 3.05) is 0 Å². The lowest BCUT2D eigenvalue weighted by atomic mass is 9.64. The van der Waals surface area contributed by atoms with Crippen LogP contribution in [0.15, 0.2) is 54.6 Å². The Morgan fingerprint density at radius 3 is 2.32 bits per heavy atom. The number of hydrogen-bond acceptors (Lipinski definition) is 3. The van der Waals surface area contributed by atoms with Crippen LogP contribution in [0.3, 0.4) is 0 Å². The van der Waals surface area contributed by atoms with Crippen LogP contribution in [0.1, 0.15) is 46.9 Å². The van der Waals surface area contributed by atoms with Crippen LogP contribution >= 0.6 is 0 Å². The normalized spacial score (nSPS) is 17.1. The van der Waals surface area contributed by atoms with E-state index in [-0.39, 0.29) is 5.78 Å². The summed E-state index contributed by atoms with van der Waals surface area (Å²) >= 11 is 0. The maximum atomic E-state index is 12.5. The molecule has 0 amide bonds. The Morgan fingerprint density at radius 2 is 1.73 bits per heavy atom. The molecular formula is C19H17NO2. The molecule has 1 aliphatic rings. The van der Waals surface area contributed by atoms with E-state index in [1.54, 1.807) is 36.4 Å². The maximum absolute atomic E-state index is 12.5. The molecule has 0 radical (unpaired) electrons. The Bertz CT molecular complexity index is 727. The van der Waals surface area contributed by atoms with Gasteiger partial charge >= 0.3 is 0 Å². The molecule has 1 N–H and O–H groups in total. The Kier molecular flexibility index (Phi) is 3.79. The molecule has 0 bridgehead atoms. The van der Waals surface area contributed by atoms with Crippen LogP contribution in [0, 0.1) is 11.3 Å². The maximum Gasteiger partial charge on any atom is 0.195 e. The molecule has 2 aromatic carbocycles. The molecule has 1 fully saturated rings. The van der Waals surface area contributed by atoms with Crippen molar-refractivity contribution in [3.8, 4) is 6.07 Å². The smallest absolute Gasteiger partial charge is 0.195 e. The average molecular weight is 291 g/mol. The Morgan fingerprint density at radius 1 is 1.09 bits per heavy atom. The molecule has 2 aromatic rings. The number of benzene rings is 2. The van der Waals surface area contributed by atoms with Gasteiger partial charge in [-0.15, -0.1) is 0 Å². The number of Topliss-reactive ketones (excluding diaryl/α,β-unsaturated/α-hetero) is 1. The summed E-state index contributed by atoms with van der Waals surface area (Å²) in [6.07, 6.45) is 1.34. The number of carbonyl (C=O) groups is 1. The highest BCUT2D eigenvalue weighted by Gasteiger charge is 2.41. The minimum Gasteiger partial charge on any atom is -0.380 e. The molecule has 1 saturated carbocycles. The fraction of sp³-hybridized carbons (Fsp3) is 0.263. The van der Waals surface area contributed by atoms with Gasteiger partial charge in [-0.2, -0.15) is 5.26 Å². The average Bonchev–Trinajstić information content (AvgIpc) is 2.54. The van der Waals surface area contributed by atoms with E-state index >= 15 is 0 Å². The van der Waals surface area contributed by atoms with Crippen LogP contribution in [0.4, 0.5) is 0 Å². The zero-order valence-corrected chi connectivity index (χ0v) is 12.2. The molecule has 1 aliphatic carbocycles. The van der Waals surface area contributed by atoms with Crippen LogP contribution in [-0.4, -0.2) is 10.9 Å². The van der Waals surface area contributed by atoms with Crippen LogP contribution in [0.2, 0.25) is 0 Å². The van der Waals surface area contributed by atoms with Gasteiger partial charge < -0.3 is 5.11 Å². The third-order valence-electron chi connectivity index (χ3n) is 4.50. The lowest BCUT2D eigenvalue weighted by molar-refractivity contribution is 0.0742. The molecule has 3 rings (SSSR count). The molecule has 0 aliphatic heterocycles. The molecule has 0 spiro atoms. The Labute approximate surface area is 129 Å². The zero-order chi connectivity index (χ0) is 15.6. The second-order valence-electron chi connectivity index (χ2n) is 5.77. The molecule has 1 unspecified atom stereocenters. The number of ketones is 1. The van der Waals surface area contributed by atoms with E-state index in [1.807, 2.05) is 18.2 Å². The molecule has 0 aromatic heterocycles. The van der Waals surface area contributed by atoms with Crippen LogP contribution in [0.25, 0.3) is 0 Å². The molecule has 1 atom stereocenters. The van der Waals surface area contributed by atoms with E-state index in [0.29, 0.717) is 11.1 Å². The number of nitriles is 1. The van der Waals surface area contributed by atoms with Gasteiger partial charge in [0, 0.05) is 5.56 Å². The second kappa shape index (κ2) is 5.75. The highest BCUT2D eigenvalue weighted by molar-refractivity contribution is 6.00. The summed E-state index contributed by atoms with van der Waals surface area (Å²) in [6, 6.07) is 18.4. The monoisotopic (exact) mass is 291 g/mol. The molecule has 3 nitrogen and oxygen atoms in total. The molecule has 110 valence electrons. The summed E-state index contributed by atoms with van der Waals surface area (Å²) in [4.78, 5) is 12.5. The van der Waals surface area contributed by atoms with Gasteiger partial charge in [0.2, 0.25) is 0 Å². The first-order valence-corrected chi connectivity index (χ1v) is 7.46. The van der Waals surface area contributed by atoms with Gasteiger partial charge in [-0.1, -0.05) is 54.6 Å². The third kappa shape index (κ3) is 2.32. The highest BCUT2D eigenvalue weighted by Crippen LogP contribution is 2.45. The van der Waals surface area contributed by atoms with Gasteiger partial charge in [-0.05, 0) is 30.4 Å². The minimum atomic E-state index is -1.23. The number of rotatable bonds is 4. The predicted molar refractivity (Wildman–Crippen MR) is 83.3 cm³/mol. The van der Waals surface area contributed by atoms with Crippen molar-refractivity contribution >= 4 is 5.78 Å². The van der Waals surface area contributed by atoms with E-state index in [4.69, 9.17) is 0 Å². The van der Waals surface area contributed by atoms with E-state index in [0.717, 1.165) is 24.8 Å². The number of carbonyl (C=O) groups excluding carboxylic acids is 1. The number of hydrogen-bond donors (Lipinski definition) is 1. The molecule has 3 heteroatoms. The fourth-order valence-electron chi connectivity index (χ4n) is 3.04. The number of aliphatic hydroxyl groups excluding tert-OH is 1. The van der Waals surface area contributed by atoms with Gasteiger partial charge in [0.1, 0.15) is 6.10 Å². The number of nitrogens with zero attached hydrogens (tertiary/aromatic N) is 1. The molecule has 0 heterocycles. The van der Waals surface area contributed by atoms with E-state index in [1.165, 1.54) is 0 Å². The van der Waals surface area contributed by atoms with E-state index < -0.39 is 11.5 Å². The number of aliphatic hydroxyl groups is 1. The molecule has 0 saturated heterocycles. The van der Waals surface area contributed by atoms with Gasteiger partial charge in [-0.3, -0.25) is 4.79 Å². The summed E-state index contributed by atoms with van der Waals surface area (Å²) in [7, 11) is 0. The van der Waals surface area contributed by atoms with Crippen LogP contribution in [0.5, 0.6) is 0 Å². The lowest BCUT2D eigenvalue weighted by Gasteiger charge is -2.37. The fourth-order valence-corrected chi connectivity index (χ4v) is 3.04. The third-order valence-corrected chi connectivity index (χ3v) is 4.50. The standard InChI is InChI=1S/C19H17NO2/c20-13-19(11-6-12-19)16-10-5-4-9-15(16)18(22)17(21)14-7-2-1-3-8-14/h1-5,7-10,18,22H,6,11-12H2. The van der Waals surface area contributed by atoms with Crippen molar-refractivity contribution in [2.24, 2.45) is 0 Å². The lowest BCUT2D eigenvalue weighted by Crippen LogP contribution is -2.34.